The molecular formula is C13H19NO2S. The lowest BCUT2D eigenvalue weighted by Gasteiger charge is -2.11. The number of pyridine rings is 1. The molecule has 94 valence electrons. The van der Waals surface area contributed by atoms with Crippen molar-refractivity contribution in [1.29, 1.82) is 0 Å². The molecule has 1 fully saturated rings. The molecule has 1 aliphatic carbocycles. The zero-order valence-electron chi connectivity index (χ0n) is 10.3. The molecule has 1 aromatic rings. The fraction of sp³-hybridized carbons (Fsp3) is 0.615. The van der Waals surface area contributed by atoms with Gasteiger partial charge in [0.25, 0.3) is 0 Å². The Morgan fingerprint density at radius 1 is 1.41 bits per heavy atom. The van der Waals surface area contributed by atoms with Gasteiger partial charge in [0.15, 0.2) is 0 Å². The van der Waals surface area contributed by atoms with Gasteiger partial charge in [0.05, 0.1) is 21.4 Å². The molecule has 17 heavy (non-hydrogen) atoms. The van der Waals surface area contributed by atoms with E-state index in [0.29, 0.717) is 10.6 Å². The highest BCUT2D eigenvalue weighted by atomic mass is 32.2. The van der Waals surface area contributed by atoms with Crippen LogP contribution in [-0.2, 0) is 10.8 Å². The van der Waals surface area contributed by atoms with Crippen LogP contribution in [0, 0.1) is 0 Å². The van der Waals surface area contributed by atoms with Gasteiger partial charge in [-0.2, -0.15) is 0 Å². The fourth-order valence-electron chi connectivity index (χ4n) is 2.29. The molecule has 1 aliphatic rings. The lowest BCUT2D eigenvalue weighted by atomic mass is 10.1. The maximum Gasteiger partial charge on any atom is 0.138 e. The molecule has 1 saturated carbocycles. The van der Waals surface area contributed by atoms with Gasteiger partial charge in [0, 0.05) is 11.4 Å². The average molecular weight is 253 g/mol. The zero-order chi connectivity index (χ0) is 12.4. The summed E-state index contributed by atoms with van der Waals surface area (Å²) in [4.78, 5) is 4.89. The van der Waals surface area contributed by atoms with Crippen molar-refractivity contribution in [2.24, 2.45) is 0 Å². The molecule has 4 heteroatoms. The number of hydrogen-bond acceptors (Lipinski definition) is 3. The average Bonchev–Trinajstić information content (AvgIpc) is 2.80. The minimum absolute atomic E-state index is 0.170. The lowest BCUT2D eigenvalue weighted by Crippen LogP contribution is -2.11. The third-order valence-electron chi connectivity index (χ3n) is 3.26. The van der Waals surface area contributed by atoms with Crippen molar-refractivity contribution in [3.8, 4) is 5.75 Å². The smallest absolute Gasteiger partial charge is 0.138 e. The summed E-state index contributed by atoms with van der Waals surface area (Å²) in [7, 11) is -1.01. The number of nitrogens with zero attached hydrogens (tertiary/aromatic N) is 1. The molecule has 0 spiro atoms. The zero-order valence-corrected chi connectivity index (χ0v) is 11.2. The minimum Gasteiger partial charge on any atom is -0.506 e. The highest BCUT2D eigenvalue weighted by Gasteiger charge is 2.23. The van der Waals surface area contributed by atoms with Crippen LogP contribution in [-0.4, -0.2) is 19.5 Å². The Bertz CT molecular complexity index is 425. The quantitative estimate of drug-likeness (QED) is 0.901. The largest absolute Gasteiger partial charge is 0.506 e. The Morgan fingerprint density at radius 3 is 2.59 bits per heavy atom. The number of aromatic nitrogens is 1. The van der Waals surface area contributed by atoms with Crippen molar-refractivity contribution in [2.45, 2.75) is 55.6 Å². The summed E-state index contributed by atoms with van der Waals surface area (Å²) in [5, 5.41) is 10.1. The van der Waals surface area contributed by atoms with Crippen LogP contribution in [0.3, 0.4) is 0 Å². The number of rotatable bonds is 3. The molecule has 1 aromatic heterocycles. The van der Waals surface area contributed by atoms with Gasteiger partial charge in [-0.3, -0.25) is 9.19 Å². The van der Waals surface area contributed by atoms with Crippen LogP contribution in [0.2, 0.25) is 0 Å². The molecule has 0 aliphatic heterocycles. The highest BCUT2D eigenvalue weighted by molar-refractivity contribution is 7.85. The third-order valence-corrected chi connectivity index (χ3v) is 5.02. The molecule has 1 heterocycles. The molecule has 0 saturated heterocycles. The maximum absolute atomic E-state index is 12.2. The Kier molecular flexibility index (Phi) is 3.82. The summed E-state index contributed by atoms with van der Waals surface area (Å²) in [6.45, 7) is 3.96. The van der Waals surface area contributed by atoms with Gasteiger partial charge >= 0.3 is 0 Å². The van der Waals surface area contributed by atoms with E-state index in [1.165, 1.54) is 12.8 Å². The third kappa shape index (κ3) is 2.68. The molecular weight excluding hydrogens is 234 g/mol. The van der Waals surface area contributed by atoms with E-state index in [2.05, 4.69) is 4.98 Å². The Labute approximate surface area is 105 Å². The molecule has 0 aromatic carbocycles. The summed E-state index contributed by atoms with van der Waals surface area (Å²) in [6, 6.07) is 1.62. The summed E-state index contributed by atoms with van der Waals surface area (Å²) < 4.78 is 12.2. The normalized spacial score (nSPS) is 18.8. The van der Waals surface area contributed by atoms with Crippen molar-refractivity contribution < 1.29 is 9.32 Å². The second-order valence-corrected chi connectivity index (χ2v) is 6.67. The predicted octanol–water partition coefficient (Wildman–Crippen LogP) is 2.96. The lowest BCUT2D eigenvalue weighted by molar-refractivity contribution is 0.457. The standard InChI is InChI=1S/C13H19NO2S/c1-9(2)13-12(15)7-11(8-14-13)17(16)10-5-3-4-6-10/h7-10,15H,3-6H2,1-2H3. The van der Waals surface area contributed by atoms with Gasteiger partial charge in [-0.25, -0.2) is 0 Å². The van der Waals surface area contributed by atoms with Crippen molar-refractivity contribution in [1.82, 2.24) is 4.98 Å². The topological polar surface area (TPSA) is 50.2 Å². The molecule has 3 nitrogen and oxygen atoms in total. The molecule has 1 unspecified atom stereocenters. The Hall–Kier alpha value is -0.900. The predicted molar refractivity (Wildman–Crippen MR) is 68.7 cm³/mol. The van der Waals surface area contributed by atoms with Gasteiger partial charge in [0.1, 0.15) is 5.75 Å². The van der Waals surface area contributed by atoms with Gasteiger partial charge in [-0.15, -0.1) is 0 Å². The van der Waals surface area contributed by atoms with Crippen molar-refractivity contribution in [3.63, 3.8) is 0 Å². The monoisotopic (exact) mass is 253 g/mol. The summed E-state index contributed by atoms with van der Waals surface area (Å²) in [5.74, 6) is 0.354. The van der Waals surface area contributed by atoms with Gasteiger partial charge < -0.3 is 5.11 Å². The van der Waals surface area contributed by atoms with Gasteiger partial charge in [-0.1, -0.05) is 26.7 Å². The molecule has 2 rings (SSSR count). The minimum atomic E-state index is -1.01. The van der Waals surface area contributed by atoms with E-state index in [1.807, 2.05) is 13.8 Å². The first kappa shape index (κ1) is 12.6. The number of hydrogen-bond donors (Lipinski definition) is 1. The summed E-state index contributed by atoms with van der Waals surface area (Å²) in [5.41, 5.74) is 0.678. The van der Waals surface area contributed by atoms with Gasteiger partial charge in [-0.05, 0) is 24.8 Å². The molecule has 1 N–H and O–H groups in total. The molecule has 1 atom stereocenters. The van der Waals surface area contributed by atoms with E-state index in [0.717, 1.165) is 12.8 Å². The Morgan fingerprint density at radius 2 is 2.06 bits per heavy atom. The Balaban J connectivity index is 2.22. The second-order valence-electron chi connectivity index (χ2n) is 4.93. The second kappa shape index (κ2) is 5.17. The molecule has 0 radical (unpaired) electrons. The van der Waals surface area contributed by atoms with E-state index >= 15 is 0 Å². The van der Waals surface area contributed by atoms with E-state index < -0.39 is 10.8 Å². The fourth-order valence-corrected chi connectivity index (χ4v) is 3.83. The molecule has 0 amide bonds. The first-order chi connectivity index (χ1) is 8.09. The molecule has 0 bridgehead atoms. The van der Waals surface area contributed by atoms with Crippen LogP contribution in [0.5, 0.6) is 5.75 Å². The van der Waals surface area contributed by atoms with Crippen molar-refractivity contribution in [3.05, 3.63) is 18.0 Å². The van der Waals surface area contributed by atoms with E-state index in [-0.39, 0.29) is 16.9 Å². The van der Waals surface area contributed by atoms with Crippen LogP contribution in [0.25, 0.3) is 0 Å². The summed E-state index contributed by atoms with van der Waals surface area (Å²) >= 11 is 0. The van der Waals surface area contributed by atoms with E-state index in [9.17, 15) is 9.32 Å². The van der Waals surface area contributed by atoms with Crippen LogP contribution in [0.4, 0.5) is 0 Å². The maximum atomic E-state index is 12.2. The van der Waals surface area contributed by atoms with Crippen LogP contribution in [0.1, 0.15) is 51.1 Å². The van der Waals surface area contributed by atoms with Gasteiger partial charge in [0.2, 0.25) is 0 Å². The van der Waals surface area contributed by atoms with Crippen LogP contribution in [0.15, 0.2) is 17.2 Å². The van der Waals surface area contributed by atoms with E-state index in [4.69, 9.17) is 0 Å². The van der Waals surface area contributed by atoms with E-state index in [1.54, 1.807) is 12.3 Å². The van der Waals surface area contributed by atoms with Crippen molar-refractivity contribution >= 4 is 10.8 Å². The SMILES string of the molecule is CC(C)c1ncc(S(=O)C2CCCC2)cc1O. The highest BCUT2D eigenvalue weighted by Crippen LogP contribution is 2.30. The van der Waals surface area contributed by atoms with Crippen LogP contribution < -0.4 is 0 Å². The van der Waals surface area contributed by atoms with Crippen molar-refractivity contribution in [2.75, 3.05) is 0 Å². The number of aromatic hydroxyl groups is 1. The first-order valence-corrected chi connectivity index (χ1v) is 7.40. The first-order valence-electron chi connectivity index (χ1n) is 6.19. The summed E-state index contributed by atoms with van der Waals surface area (Å²) in [6.07, 6.45) is 6.04. The van der Waals surface area contributed by atoms with Crippen LogP contribution >= 0.6 is 0 Å².